The SMILES string of the molecule is CCNc1cc(C)ccc1C(=O)N(C)C1CCCC1. The van der Waals surface area contributed by atoms with Gasteiger partial charge < -0.3 is 10.2 Å². The van der Waals surface area contributed by atoms with Gasteiger partial charge in [0.05, 0.1) is 5.56 Å². The highest BCUT2D eigenvalue weighted by molar-refractivity contribution is 5.99. The molecule has 0 spiro atoms. The quantitative estimate of drug-likeness (QED) is 0.899. The molecule has 0 saturated heterocycles. The summed E-state index contributed by atoms with van der Waals surface area (Å²) in [5.41, 5.74) is 2.93. The summed E-state index contributed by atoms with van der Waals surface area (Å²) in [4.78, 5) is 14.6. The second-order valence-corrected chi connectivity index (χ2v) is 5.43. The highest BCUT2D eigenvalue weighted by Crippen LogP contribution is 2.26. The standard InChI is InChI=1S/C16H24N2O/c1-4-17-15-11-12(2)9-10-14(15)16(19)18(3)13-7-5-6-8-13/h9-11,13,17H,4-8H2,1-3H3. The average Bonchev–Trinajstić information content (AvgIpc) is 2.91. The first-order chi connectivity index (χ1) is 9.13. The number of carbonyl (C=O) groups excluding carboxylic acids is 1. The van der Waals surface area contributed by atoms with E-state index < -0.39 is 0 Å². The fourth-order valence-corrected chi connectivity index (χ4v) is 2.83. The Morgan fingerprint density at radius 2 is 2.05 bits per heavy atom. The van der Waals surface area contributed by atoms with Gasteiger partial charge in [-0.25, -0.2) is 0 Å². The number of anilines is 1. The molecule has 104 valence electrons. The van der Waals surface area contributed by atoms with Crippen LogP contribution in [0.4, 0.5) is 5.69 Å². The molecule has 1 aromatic carbocycles. The van der Waals surface area contributed by atoms with E-state index in [0.717, 1.165) is 30.6 Å². The third kappa shape index (κ3) is 3.09. The van der Waals surface area contributed by atoms with Crippen LogP contribution in [-0.4, -0.2) is 30.4 Å². The summed E-state index contributed by atoms with van der Waals surface area (Å²) in [6.45, 7) is 4.93. The molecule has 19 heavy (non-hydrogen) atoms. The maximum Gasteiger partial charge on any atom is 0.255 e. The van der Waals surface area contributed by atoms with Gasteiger partial charge in [-0.3, -0.25) is 4.79 Å². The minimum atomic E-state index is 0.142. The van der Waals surface area contributed by atoms with Gasteiger partial charge in [-0.1, -0.05) is 18.9 Å². The van der Waals surface area contributed by atoms with Gasteiger partial charge in [-0.2, -0.15) is 0 Å². The van der Waals surface area contributed by atoms with Crippen LogP contribution in [0.2, 0.25) is 0 Å². The van der Waals surface area contributed by atoms with Gasteiger partial charge in [0, 0.05) is 25.3 Å². The van der Waals surface area contributed by atoms with Crippen LogP contribution in [0.25, 0.3) is 0 Å². The van der Waals surface area contributed by atoms with E-state index in [1.165, 1.54) is 18.4 Å². The van der Waals surface area contributed by atoms with Gasteiger partial charge in [0.15, 0.2) is 0 Å². The third-order valence-corrected chi connectivity index (χ3v) is 3.97. The minimum absolute atomic E-state index is 0.142. The monoisotopic (exact) mass is 260 g/mol. The van der Waals surface area contributed by atoms with Crippen LogP contribution in [0.15, 0.2) is 18.2 Å². The van der Waals surface area contributed by atoms with Gasteiger partial charge in [0.25, 0.3) is 5.91 Å². The molecule has 1 amide bonds. The van der Waals surface area contributed by atoms with Gasteiger partial charge in [0.2, 0.25) is 0 Å². The van der Waals surface area contributed by atoms with Gasteiger partial charge in [-0.05, 0) is 44.4 Å². The lowest BCUT2D eigenvalue weighted by atomic mass is 10.1. The van der Waals surface area contributed by atoms with Crippen molar-refractivity contribution in [3.05, 3.63) is 29.3 Å². The molecule has 1 aliphatic rings. The van der Waals surface area contributed by atoms with Gasteiger partial charge >= 0.3 is 0 Å². The zero-order valence-electron chi connectivity index (χ0n) is 12.2. The van der Waals surface area contributed by atoms with Crippen LogP contribution in [0.1, 0.15) is 48.5 Å². The Balaban J connectivity index is 2.22. The highest BCUT2D eigenvalue weighted by Gasteiger charge is 2.25. The molecule has 0 unspecified atom stereocenters. The highest BCUT2D eigenvalue weighted by atomic mass is 16.2. The third-order valence-electron chi connectivity index (χ3n) is 3.97. The summed E-state index contributed by atoms with van der Waals surface area (Å²) >= 11 is 0. The molecule has 2 rings (SSSR count). The van der Waals surface area contributed by atoms with Crippen molar-refractivity contribution >= 4 is 11.6 Å². The molecule has 1 aliphatic carbocycles. The first-order valence-corrected chi connectivity index (χ1v) is 7.25. The van der Waals surface area contributed by atoms with Crippen molar-refractivity contribution in [2.45, 2.75) is 45.6 Å². The van der Waals surface area contributed by atoms with Crippen molar-refractivity contribution in [3.63, 3.8) is 0 Å². The molecule has 1 aromatic rings. The number of carbonyl (C=O) groups is 1. The van der Waals surface area contributed by atoms with Crippen LogP contribution in [-0.2, 0) is 0 Å². The number of rotatable bonds is 4. The zero-order valence-corrected chi connectivity index (χ0v) is 12.2. The molecule has 0 heterocycles. The number of aryl methyl sites for hydroxylation is 1. The Hall–Kier alpha value is -1.51. The molecule has 1 saturated carbocycles. The predicted octanol–water partition coefficient (Wildman–Crippen LogP) is 3.44. The Morgan fingerprint density at radius 1 is 1.37 bits per heavy atom. The Kier molecular flexibility index (Phi) is 4.46. The zero-order chi connectivity index (χ0) is 13.8. The summed E-state index contributed by atoms with van der Waals surface area (Å²) in [6, 6.07) is 6.43. The number of hydrogen-bond donors (Lipinski definition) is 1. The molecule has 0 radical (unpaired) electrons. The lowest BCUT2D eigenvalue weighted by Gasteiger charge is -2.25. The van der Waals surface area contributed by atoms with Crippen LogP contribution < -0.4 is 5.32 Å². The molecule has 1 N–H and O–H groups in total. The fourth-order valence-electron chi connectivity index (χ4n) is 2.83. The summed E-state index contributed by atoms with van der Waals surface area (Å²) in [6.07, 6.45) is 4.78. The predicted molar refractivity (Wildman–Crippen MR) is 79.7 cm³/mol. The first kappa shape index (κ1) is 13.9. The number of benzene rings is 1. The molecule has 3 heteroatoms. The molecule has 0 aliphatic heterocycles. The van der Waals surface area contributed by atoms with E-state index in [4.69, 9.17) is 0 Å². The van der Waals surface area contributed by atoms with Crippen LogP contribution in [0, 0.1) is 6.92 Å². The van der Waals surface area contributed by atoms with Crippen molar-refractivity contribution < 1.29 is 4.79 Å². The number of nitrogens with zero attached hydrogens (tertiary/aromatic N) is 1. The molecule has 0 aromatic heterocycles. The van der Waals surface area contributed by atoms with Crippen molar-refractivity contribution in [1.29, 1.82) is 0 Å². The van der Waals surface area contributed by atoms with Gasteiger partial charge in [-0.15, -0.1) is 0 Å². The van der Waals surface area contributed by atoms with Crippen molar-refractivity contribution in [2.24, 2.45) is 0 Å². The van der Waals surface area contributed by atoms with Crippen molar-refractivity contribution in [3.8, 4) is 0 Å². The lowest BCUT2D eigenvalue weighted by molar-refractivity contribution is 0.0736. The molecule has 0 bridgehead atoms. The summed E-state index contributed by atoms with van der Waals surface area (Å²) < 4.78 is 0. The maximum absolute atomic E-state index is 12.6. The number of amides is 1. The minimum Gasteiger partial charge on any atom is -0.385 e. The normalized spacial score (nSPS) is 15.5. The summed E-state index contributed by atoms with van der Waals surface area (Å²) in [5, 5.41) is 3.30. The van der Waals surface area contributed by atoms with Crippen LogP contribution in [0.5, 0.6) is 0 Å². The van der Waals surface area contributed by atoms with E-state index in [0.29, 0.717) is 6.04 Å². The molecular formula is C16H24N2O. The van der Waals surface area contributed by atoms with E-state index >= 15 is 0 Å². The van der Waals surface area contributed by atoms with E-state index in [9.17, 15) is 4.79 Å². The lowest BCUT2D eigenvalue weighted by Crippen LogP contribution is -2.35. The van der Waals surface area contributed by atoms with Crippen molar-refractivity contribution in [2.75, 3.05) is 18.9 Å². The Bertz CT molecular complexity index is 450. The molecular weight excluding hydrogens is 236 g/mol. The van der Waals surface area contributed by atoms with E-state index in [1.807, 2.05) is 24.1 Å². The van der Waals surface area contributed by atoms with Gasteiger partial charge in [0.1, 0.15) is 0 Å². The van der Waals surface area contributed by atoms with Crippen LogP contribution in [0.3, 0.4) is 0 Å². The summed E-state index contributed by atoms with van der Waals surface area (Å²) in [7, 11) is 1.94. The Labute approximate surface area is 116 Å². The topological polar surface area (TPSA) is 32.3 Å². The largest absolute Gasteiger partial charge is 0.385 e. The molecule has 1 fully saturated rings. The van der Waals surface area contributed by atoms with E-state index in [2.05, 4.69) is 25.2 Å². The molecule has 3 nitrogen and oxygen atoms in total. The first-order valence-electron chi connectivity index (χ1n) is 7.25. The molecule has 0 atom stereocenters. The number of nitrogens with one attached hydrogen (secondary N) is 1. The van der Waals surface area contributed by atoms with E-state index in [-0.39, 0.29) is 5.91 Å². The maximum atomic E-state index is 12.6. The van der Waals surface area contributed by atoms with Crippen LogP contribution >= 0.6 is 0 Å². The Morgan fingerprint density at radius 3 is 2.68 bits per heavy atom. The second-order valence-electron chi connectivity index (χ2n) is 5.43. The smallest absolute Gasteiger partial charge is 0.255 e. The second kappa shape index (κ2) is 6.09. The fraction of sp³-hybridized carbons (Fsp3) is 0.562. The summed E-state index contributed by atoms with van der Waals surface area (Å²) in [5.74, 6) is 0.142. The van der Waals surface area contributed by atoms with Crippen molar-refractivity contribution in [1.82, 2.24) is 4.90 Å². The van der Waals surface area contributed by atoms with E-state index in [1.54, 1.807) is 0 Å². The average molecular weight is 260 g/mol. The number of hydrogen-bond acceptors (Lipinski definition) is 2.